The predicted molar refractivity (Wildman–Crippen MR) is 68.6 cm³/mol. The van der Waals surface area contributed by atoms with Gasteiger partial charge in [-0.15, -0.1) is 10.2 Å². The number of hydrogen-bond donors (Lipinski definition) is 1. The number of halogens is 2. The van der Waals surface area contributed by atoms with E-state index in [4.69, 9.17) is 23.2 Å². The fourth-order valence-corrected chi connectivity index (χ4v) is 1.83. The van der Waals surface area contributed by atoms with Crippen LogP contribution in [-0.2, 0) is 4.79 Å². The zero-order valence-corrected chi connectivity index (χ0v) is 11.4. The van der Waals surface area contributed by atoms with Crippen LogP contribution in [0.2, 0.25) is 10.3 Å². The third-order valence-electron chi connectivity index (χ3n) is 2.35. The Hall–Kier alpha value is -1.07. The van der Waals surface area contributed by atoms with E-state index < -0.39 is 0 Å². The Balaban J connectivity index is 2.79. The molecule has 1 aromatic rings. The molecule has 0 aliphatic heterocycles. The van der Waals surface area contributed by atoms with E-state index in [1.165, 1.54) is 0 Å². The summed E-state index contributed by atoms with van der Waals surface area (Å²) in [5.74, 6) is -0.186. The van der Waals surface area contributed by atoms with E-state index in [2.05, 4.69) is 15.5 Å². The summed E-state index contributed by atoms with van der Waals surface area (Å²) in [5.41, 5.74) is 0.655. The van der Waals surface area contributed by atoms with Crippen molar-refractivity contribution in [1.82, 2.24) is 15.5 Å². The van der Waals surface area contributed by atoms with Crippen LogP contribution in [0.3, 0.4) is 0 Å². The molecular weight excluding hydrogens is 263 g/mol. The maximum absolute atomic E-state index is 11.4. The first-order valence-corrected chi connectivity index (χ1v) is 5.82. The molecule has 0 aliphatic rings. The van der Waals surface area contributed by atoms with Crippen LogP contribution in [0, 0.1) is 5.92 Å². The Morgan fingerprint density at radius 2 is 2.18 bits per heavy atom. The maximum Gasteiger partial charge on any atom is 0.224 e. The largest absolute Gasteiger partial charge is 0.371 e. The highest BCUT2D eigenvalue weighted by Gasteiger charge is 2.16. The van der Waals surface area contributed by atoms with Gasteiger partial charge >= 0.3 is 0 Å². The van der Waals surface area contributed by atoms with E-state index >= 15 is 0 Å². The van der Waals surface area contributed by atoms with Crippen molar-refractivity contribution in [3.05, 3.63) is 16.4 Å². The summed E-state index contributed by atoms with van der Waals surface area (Å²) in [7, 11) is 3.43. The smallest absolute Gasteiger partial charge is 0.224 e. The number of amides is 1. The van der Waals surface area contributed by atoms with Crippen LogP contribution < -0.4 is 10.2 Å². The number of hydrogen-bond acceptors (Lipinski definition) is 4. The lowest BCUT2D eigenvalue weighted by Gasteiger charge is -2.22. The first kappa shape index (κ1) is 14.0. The average Bonchev–Trinajstić information content (AvgIpc) is 2.30. The van der Waals surface area contributed by atoms with E-state index in [0.717, 1.165) is 0 Å². The lowest BCUT2D eigenvalue weighted by atomic mass is 10.1. The molecule has 1 rings (SSSR count). The van der Waals surface area contributed by atoms with Crippen LogP contribution >= 0.6 is 23.2 Å². The topological polar surface area (TPSA) is 58.1 Å². The molecule has 0 radical (unpaired) electrons. The van der Waals surface area contributed by atoms with Gasteiger partial charge in [0.2, 0.25) is 5.91 Å². The highest BCUT2D eigenvalue weighted by atomic mass is 35.5. The summed E-state index contributed by atoms with van der Waals surface area (Å²) in [5, 5.41) is 10.5. The number of anilines is 1. The summed E-state index contributed by atoms with van der Waals surface area (Å²) < 4.78 is 0. The zero-order valence-electron chi connectivity index (χ0n) is 9.87. The number of nitrogens with one attached hydrogen (secondary N) is 1. The Morgan fingerprint density at radius 1 is 1.53 bits per heavy atom. The van der Waals surface area contributed by atoms with Gasteiger partial charge in [0.25, 0.3) is 0 Å². The molecule has 94 valence electrons. The molecule has 0 saturated heterocycles. The number of carbonyl (C=O) groups excluding carboxylic acids is 1. The van der Waals surface area contributed by atoms with Gasteiger partial charge in [-0.05, 0) is 0 Å². The molecule has 1 amide bonds. The van der Waals surface area contributed by atoms with Crippen LogP contribution in [0.1, 0.15) is 6.92 Å². The third kappa shape index (κ3) is 3.71. The summed E-state index contributed by atoms with van der Waals surface area (Å²) in [6, 6.07) is 1.62. The predicted octanol–water partition coefficient (Wildman–Crippen LogP) is 1.60. The van der Waals surface area contributed by atoms with Crippen molar-refractivity contribution in [1.29, 1.82) is 0 Å². The molecule has 0 bridgehead atoms. The number of carbonyl (C=O) groups is 1. The number of rotatable bonds is 4. The molecule has 5 nitrogen and oxygen atoms in total. The molecule has 1 N–H and O–H groups in total. The highest BCUT2D eigenvalue weighted by Crippen LogP contribution is 2.24. The minimum atomic E-state index is -0.159. The molecular formula is C10H14Cl2N4O. The van der Waals surface area contributed by atoms with E-state index in [9.17, 15) is 4.79 Å². The van der Waals surface area contributed by atoms with Gasteiger partial charge in [0, 0.05) is 26.7 Å². The second kappa shape index (κ2) is 6.02. The SMILES string of the molecule is CNC(=O)C(C)CN(C)c1cc(Cl)nnc1Cl. The van der Waals surface area contributed by atoms with Crippen LogP contribution in [0.15, 0.2) is 6.07 Å². The average molecular weight is 277 g/mol. The van der Waals surface area contributed by atoms with E-state index in [1.54, 1.807) is 13.1 Å². The Labute approximate surface area is 110 Å². The fourth-order valence-electron chi connectivity index (χ4n) is 1.45. The molecule has 0 aromatic carbocycles. The molecule has 17 heavy (non-hydrogen) atoms. The van der Waals surface area contributed by atoms with Crippen LogP contribution in [0.25, 0.3) is 0 Å². The third-order valence-corrected chi connectivity index (χ3v) is 2.81. The Bertz CT molecular complexity index is 413. The van der Waals surface area contributed by atoms with Crippen molar-refractivity contribution in [2.75, 3.05) is 25.5 Å². The molecule has 0 spiro atoms. The summed E-state index contributed by atoms with van der Waals surface area (Å²) >= 11 is 11.7. The highest BCUT2D eigenvalue weighted by molar-refractivity contribution is 6.33. The van der Waals surface area contributed by atoms with Gasteiger partial charge in [0.1, 0.15) is 0 Å². The van der Waals surface area contributed by atoms with E-state index in [1.807, 2.05) is 18.9 Å². The van der Waals surface area contributed by atoms with E-state index in [-0.39, 0.29) is 22.1 Å². The van der Waals surface area contributed by atoms with Crippen molar-refractivity contribution in [2.45, 2.75) is 6.92 Å². The minimum absolute atomic E-state index is 0.0268. The second-order valence-corrected chi connectivity index (χ2v) is 4.48. The number of nitrogens with zero attached hydrogens (tertiary/aromatic N) is 3. The molecule has 0 saturated carbocycles. The maximum atomic E-state index is 11.4. The molecule has 0 fully saturated rings. The van der Waals surface area contributed by atoms with Gasteiger partial charge in [-0.1, -0.05) is 30.1 Å². The standard InChI is InChI=1S/C10H14Cl2N4O/c1-6(10(17)13-2)5-16(3)7-4-8(11)14-15-9(7)12/h4,6H,5H2,1-3H3,(H,13,17). The quantitative estimate of drug-likeness (QED) is 0.908. The van der Waals surface area contributed by atoms with Crippen molar-refractivity contribution >= 4 is 34.8 Å². The number of aromatic nitrogens is 2. The second-order valence-electron chi connectivity index (χ2n) is 3.74. The van der Waals surface area contributed by atoms with Crippen molar-refractivity contribution in [3.8, 4) is 0 Å². The zero-order chi connectivity index (χ0) is 13.0. The molecule has 1 heterocycles. The minimum Gasteiger partial charge on any atom is -0.371 e. The van der Waals surface area contributed by atoms with Crippen molar-refractivity contribution < 1.29 is 4.79 Å². The first-order valence-electron chi connectivity index (χ1n) is 5.07. The van der Waals surface area contributed by atoms with E-state index in [0.29, 0.717) is 12.2 Å². The van der Waals surface area contributed by atoms with Gasteiger partial charge in [-0.2, -0.15) is 0 Å². The summed E-state index contributed by atoms with van der Waals surface area (Å²) in [6.45, 7) is 2.35. The van der Waals surface area contributed by atoms with Gasteiger partial charge in [-0.3, -0.25) is 4.79 Å². The van der Waals surface area contributed by atoms with Gasteiger partial charge in [0.15, 0.2) is 10.3 Å². The first-order chi connectivity index (χ1) is 7.95. The Morgan fingerprint density at radius 3 is 2.76 bits per heavy atom. The van der Waals surface area contributed by atoms with Crippen LogP contribution in [0.5, 0.6) is 0 Å². The van der Waals surface area contributed by atoms with Crippen LogP contribution in [0.4, 0.5) is 5.69 Å². The summed E-state index contributed by atoms with van der Waals surface area (Å²) in [4.78, 5) is 13.2. The lowest BCUT2D eigenvalue weighted by molar-refractivity contribution is -0.123. The van der Waals surface area contributed by atoms with Crippen LogP contribution in [-0.4, -0.2) is 36.7 Å². The van der Waals surface area contributed by atoms with Gasteiger partial charge < -0.3 is 10.2 Å². The van der Waals surface area contributed by atoms with Gasteiger partial charge in [0.05, 0.1) is 11.6 Å². The van der Waals surface area contributed by atoms with Gasteiger partial charge in [-0.25, -0.2) is 0 Å². The monoisotopic (exact) mass is 276 g/mol. The molecule has 1 atom stereocenters. The Kier molecular flexibility index (Phi) is 4.96. The fraction of sp³-hybridized carbons (Fsp3) is 0.500. The molecule has 1 aromatic heterocycles. The normalized spacial score (nSPS) is 12.1. The molecule has 7 heteroatoms. The summed E-state index contributed by atoms with van der Waals surface area (Å²) in [6.07, 6.45) is 0. The lowest BCUT2D eigenvalue weighted by Crippen LogP contribution is -2.34. The molecule has 0 aliphatic carbocycles. The molecule has 1 unspecified atom stereocenters. The van der Waals surface area contributed by atoms with Crippen molar-refractivity contribution in [2.24, 2.45) is 5.92 Å². The van der Waals surface area contributed by atoms with Crippen molar-refractivity contribution in [3.63, 3.8) is 0 Å².